The van der Waals surface area contributed by atoms with Crippen LogP contribution in [0.25, 0.3) is 0 Å². The lowest BCUT2D eigenvalue weighted by atomic mass is 10.0. The van der Waals surface area contributed by atoms with Crippen LogP contribution in [0.1, 0.15) is 35.2 Å². The standard InChI is InChI=1S/C22H24N4O3/c27-20(14-26-13-3-5-15-4-1-2-6-19(15)26)24-25-22(29)17-9-11-18(12-10-17)23-21(28)16-7-8-16/h1-2,4,6,9-12,16H,3,5,7-8,13-14H2,(H,23,28)(H,24,27)(H,25,29). The Labute approximate surface area is 169 Å². The number of para-hydroxylation sites is 1. The topological polar surface area (TPSA) is 90.5 Å². The van der Waals surface area contributed by atoms with E-state index >= 15 is 0 Å². The van der Waals surface area contributed by atoms with Gasteiger partial charge in [0.25, 0.3) is 11.8 Å². The Morgan fingerprint density at radius 2 is 1.72 bits per heavy atom. The second-order valence-electron chi connectivity index (χ2n) is 7.50. The highest BCUT2D eigenvalue weighted by Crippen LogP contribution is 2.30. The fraction of sp³-hybridized carbons (Fsp3) is 0.318. The molecule has 2 aromatic carbocycles. The van der Waals surface area contributed by atoms with E-state index in [1.54, 1.807) is 24.3 Å². The van der Waals surface area contributed by atoms with Crippen LogP contribution >= 0.6 is 0 Å². The molecule has 0 aromatic heterocycles. The van der Waals surface area contributed by atoms with E-state index in [2.05, 4.69) is 22.2 Å². The third-order valence-corrected chi connectivity index (χ3v) is 5.22. The molecule has 1 heterocycles. The number of carbonyl (C=O) groups excluding carboxylic acids is 3. The van der Waals surface area contributed by atoms with E-state index in [0.717, 1.165) is 37.9 Å². The molecule has 1 aliphatic carbocycles. The SMILES string of the molecule is O=C(CN1CCCc2ccccc21)NNC(=O)c1ccc(NC(=O)C2CC2)cc1. The summed E-state index contributed by atoms with van der Waals surface area (Å²) < 4.78 is 0. The van der Waals surface area contributed by atoms with E-state index in [1.165, 1.54) is 5.56 Å². The van der Waals surface area contributed by atoms with Gasteiger partial charge in [-0.3, -0.25) is 25.2 Å². The zero-order valence-electron chi connectivity index (χ0n) is 16.1. The first-order valence-corrected chi connectivity index (χ1v) is 9.93. The van der Waals surface area contributed by atoms with Crippen molar-refractivity contribution in [1.29, 1.82) is 0 Å². The lowest BCUT2D eigenvalue weighted by molar-refractivity contribution is -0.120. The van der Waals surface area contributed by atoms with Crippen molar-refractivity contribution in [3.8, 4) is 0 Å². The van der Waals surface area contributed by atoms with Gasteiger partial charge in [0.1, 0.15) is 0 Å². The van der Waals surface area contributed by atoms with E-state index in [-0.39, 0.29) is 24.3 Å². The van der Waals surface area contributed by atoms with Crippen molar-refractivity contribution < 1.29 is 14.4 Å². The number of amides is 3. The third-order valence-electron chi connectivity index (χ3n) is 5.22. The molecule has 1 fully saturated rings. The summed E-state index contributed by atoms with van der Waals surface area (Å²) in [5.74, 6) is -0.533. The lowest BCUT2D eigenvalue weighted by Crippen LogP contribution is -2.47. The van der Waals surface area contributed by atoms with Gasteiger partial charge < -0.3 is 10.2 Å². The monoisotopic (exact) mass is 392 g/mol. The lowest BCUT2D eigenvalue weighted by Gasteiger charge is -2.30. The van der Waals surface area contributed by atoms with Gasteiger partial charge in [0.2, 0.25) is 5.91 Å². The van der Waals surface area contributed by atoms with Gasteiger partial charge in [-0.1, -0.05) is 18.2 Å². The summed E-state index contributed by atoms with van der Waals surface area (Å²) in [6.45, 7) is 0.996. The largest absolute Gasteiger partial charge is 0.362 e. The molecule has 7 nitrogen and oxygen atoms in total. The van der Waals surface area contributed by atoms with E-state index < -0.39 is 5.91 Å². The number of rotatable bonds is 5. The quantitative estimate of drug-likeness (QED) is 0.681. The molecule has 1 aliphatic heterocycles. The predicted molar refractivity (Wildman–Crippen MR) is 110 cm³/mol. The fourth-order valence-electron chi connectivity index (χ4n) is 3.48. The molecule has 0 atom stereocenters. The fourth-order valence-corrected chi connectivity index (χ4v) is 3.48. The maximum Gasteiger partial charge on any atom is 0.269 e. The van der Waals surface area contributed by atoms with Gasteiger partial charge in [-0.05, 0) is 61.6 Å². The molecule has 150 valence electrons. The van der Waals surface area contributed by atoms with Crippen molar-refractivity contribution in [2.75, 3.05) is 23.3 Å². The molecule has 29 heavy (non-hydrogen) atoms. The second-order valence-corrected chi connectivity index (χ2v) is 7.50. The minimum atomic E-state index is -0.405. The average molecular weight is 392 g/mol. The number of hydrogen-bond donors (Lipinski definition) is 3. The van der Waals surface area contributed by atoms with Gasteiger partial charge >= 0.3 is 0 Å². The highest BCUT2D eigenvalue weighted by atomic mass is 16.2. The molecule has 0 saturated heterocycles. The molecular weight excluding hydrogens is 368 g/mol. The first-order chi connectivity index (χ1) is 14.1. The normalized spacial score (nSPS) is 15.2. The Hall–Kier alpha value is -3.35. The van der Waals surface area contributed by atoms with Crippen molar-refractivity contribution in [2.45, 2.75) is 25.7 Å². The summed E-state index contributed by atoms with van der Waals surface area (Å²) in [6, 6.07) is 14.7. The molecule has 2 aliphatic rings. The first kappa shape index (κ1) is 19.0. The molecule has 0 unspecified atom stereocenters. The smallest absolute Gasteiger partial charge is 0.269 e. The van der Waals surface area contributed by atoms with Crippen LogP contribution in [0.2, 0.25) is 0 Å². The highest BCUT2D eigenvalue weighted by molar-refractivity contribution is 5.97. The molecule has 3 amide bonds. The van der Waals surface area contributed by atoms with E-state index in [9.17, 15) is 14.4 Å². The average Bonchev–Trinajstić information content (AvgIpc) is 3.58. The van der Waals surface area contributed by atoms with Crippen molar-refractivity contribution in [1.82, 2.24) is 10.9 Å². The molecule has 4 rings (SSSR count). The van der Waals surface area contributed by atoms with Crippen LogP contribution in [0.4, 0.5) is 11.4 Å². The van der Waals surface area contributed by atoms with E-state index in [4.69, 9.17) is 0 Å². The van der Waals surface area contributed by atoms with Crippen molar-refractivity contribution in [2.24, 2.45) is 5.92 Å². The molecular formula is C22H24N4O3. The number of hydrogen-bond acceptors (Lipinski definition) is 4. The summed E-state index contributed by atoms with van der Waals surface area (Å²) in [7, 11) is 0. The third kappa shape index (κ3) is 4.74. The van der Waals surface area contributed by atoms with Crippen molar-refractivity contribution in [3.63, 3.8) is 0 Å². The number of nitrogens with one attached hydrogen (secondary N) is 3. The molecule has 0 radical (unpaired) electrons. The van der Waals surface area contributed by atoms with Gasteiger partial charge in [0.15, 0.2) is 0 Å². The molecule has 3 N–H and O–H groups in total. The highest BCUT2D eigenvalue weighted by Gasteiger charge is 2.29. The van der Waals surface area contributed by atoms with Crippen LogP contribution in [0.3, 0.4) is 0 Å². The van der Waals surface area contributed by atoms with Crippen molar-refractivity contribution in [3.05, 3.63) is 59.7 Å². The minimum absolute atomic E-state index is 0.0220. The Bertz CT molecular complexity index is 922. The van der Waals surface area contributed by atoms with Crippen LogP contribution in [0.15, 0.2) is 48.5 Å². The second kappa shape index (κ2) is 8.34. The Kier molecular flexibility index (Phi) is 5.46. The summed E-state index contributed by atoms with van der Waals surface area (Å²) in [5.41, 5.74) is 8.30. The number of nitrogens with zero attached hydrogens (tertiary/aromatic N) is 1. The van der Waals surface area contributed by atoms with Crippen molar-refractivity contribution >= 4 is 29.1 Å². The van der Waals surface area contributed by atoms with Gasteiger partial charge in [-0.25, -0.2) is 0 Å². The van der Waals surface area contributed by atoms with E-state index in [1.807, 2.05) is 23.1 Å². The summed E-state index contributed by atoms with van der Waals surface area (Å²) in [6.07, 6.45) is 3.90. The van der Waals surface area contributed by atoms with Crippen LogP contribution in [-0.2, 0) is 16.0 Å². The first-order valence-electron chi connectivity index (χ1n) is 9.93. The maximum atomic E-state index is 12.3. The molecule has 7 heteroatoms. The zero-order chi connectivity index (χ0) is 20.2. The van der Waals surface area contributed by atoms with Gasteiger partial charge in [-0.15, -0.1) is 0 Å². The van der Waals surface area contributed by atoms with Crippen LogP contribution in [-0.4, -0.2) is 30.8 Å². The van der Waals surface area contributed by atoms with E-state index in [0.29, 0.717) is 11.3 Å². The van der Waals surface area contributed by atoms with Crippen LogP contribution in [0, 0.1) is 5.92 Å². The minimum Gasteiger partial charge on any atom is -0.362 e. The summed E-state index contributed by atoms with van der Waals surface area (Å²) in [4.78, 5) is 38.3. The van der Waals surface area contributed by atoms with Gasteiger partial charge in [-0.2, -0.15) is 0 Å². The molecule has 0 bridgehead atoms. The molecule has 0 spiro atoms. The number of carbonyl (C=O) groups is 3. The number of fused-ring (bicyclic) bond motifs is 1. The zero-order valence-corrected chi connectivity index (χ0v) is 16.1. The Balaban J connectivity index is 1.27. The molecule has 2 aromatic rings. The number of hydrazine groups is 1. The van der Waals surface area contributed by atoms with Crippen LogP contribution in [0.5, 0.6) is 0 Å². The Morgan fingerprint density at radius 3 is 2.48 bits per heavy atom. The van der Waals surface area contributed by atoms with Gasteiger partial charge in [0.05, 0.1) is 6.54 Å². The predicted octanol–water partition coefficient (Wildman–Crippen LogP) is 2.25. The number of anilines is 2. The summed E-state index contributed by atoms with van der Waals surface area (Å²) in [5, 5.41) is 2.83. The Morgan fingerprint density at radius 1 is 0.966 bits per heavy atom. The number of benzene rings is 2. The summed E-state index contributed by atoms with van der Waals surface area (Å²) >= 11 is 0. The molecule has 1 saturated carbocycles. The van der Waals surface area contributed by atoms with Gasteiger partial charge in [0, 0.05) is 29.4 Å². The number of aryl methyl sites for hydroxylation is 1. The van der Waals surface area contributed by atoms with Crippen LogP contribution < -0.4 is 21.1 Å². The maximum absolute atomic E-state index is 12.3.